The summed E-state index contributed by atoms with van der Waals surface area (Å²) in [4.78, 5) is 18.2. The van der Waals surface area contributed by atoms with Gasteiger partial charge in [-0.15, -0.1) is 11.3 Å². The van der Waals surface area contributed by atoms with Gasteiger partial charge in [-0.2, -0.15) is 5.26 Å². The van der Waals surface area contributed by atoms with Crippen LogP contribution >= 0.6 is 11.3 Å². The summed E-state index contributed by atoms with van der Waals surface area (Å²) in [6.07, 6.45) is 3.62. The zero-order chi connectivity index (χ0) is 17.2. The quantitative estimate of drug-likeness (QED) is 0.852. The van der Waals surface area contributed by atoms with E-state index in [2.05, 4.69) is 21.4 Å². The smallest absolute Gasteiger partial charge is 0.193 e. The molecule has 0 saturated carbocycles. The molecule has 4 heterocycles. The first-order valence-corrected chi connectivity index (χ1v) is 9.04. The van der Waals surface area contributed by atoms with Gasteiger partial charge in [-0.1, -0.05) is 6.07 Å². The first kappa shape index (κ1) is 16.0. The van der Waals surface area contributed by atoms with Crippen molar-refractivity contribution in [2.24, 2.45) is 0 Å². The van der Waals surface area contributed by atoms with Crippen LogP contribution in [0.4, 0.5) is 5.82 Å². The molecule has 0 radical (unpaired) electrons. The number of nitrogens with one attached hydrogen (secondary N) is 1. The number of nitriles is 1. The summed E-state index contributed by atoms with van der Waals surface area (Å²) in [5.74, 6) is 0.903. The molecule has 126 valence electrons. The van der Waals surface area contributed by atoms with Crippen molar-refractivity contribution in [3.63, 3.8) is 0 Å². The second-order valence-corrected chi connectivity index (χ2v) is 6.93. The second-order valence-electron chi connectivity index (χ2n) is 5.98. The zero-order valence-electron chi connectivity index (χ0n) is 13.6. The minimum atomic E-state index is -0.305. The first-order valence-electron chi connectivity index (χ1n) is 8.16. The van der Waals surface area contributed by atoms with Gasteiger partial charge in [0, 0.05) is 31.4 Å². The Labute approximate surface area is 150 Å². The number of carbonyl (C=O) groups is 1. The Kier molecular flexibility index (Phi) is 4.32. The lowest BCUT2D eigenvalue weighted by molar-refractivity contribution is 0.0752. The molecule has 2 aliphatic heterocycles. The van der Waals surface area contributed by atoms with Crippen LogP contribution in [0.2, 0.25) is 0 Å². The molecule has 0 aromatic carbocycles. The van der Waals surface area contributed by atoms with E-state index in [0.29, 0.717) is 25.2 Å². The van der Waals surface area contributed by atoms with Crippen LogP contribution in [0.5, 0.6) is 0 Å². The molecule has 1 fully saturated rings. The predicted molar refractivity (Wildman–Crippen MR) is 97.2 cm³/mol. The van der Waals surface area contributed by atoms with Crippen LogP contribution in [0, 0.1) is 11.3 Å². The van der Waals surface area contributed by atoms with Gasteiger partial charge in [0.2, 0.25) is 0 Å². The number of aromatic nitrogens is 1. The third-order valence-electron chi connectivity index (χ3n) is 4.45. The van der Waals surface area contributed by atoms with Crippen LogP contribution in [-0.2, 0) is 0 Å². The van der Waals surface area contributed by atoms with E-state index >= 15 is 0 Å². The van der Waals surface area contributed by atoms with Crippen LogP contribution in [0.25, 0.3) is 6.08 Å². The lowest BCUT2D eigenvalue weighted by Crippen LogP contribution is -2.62. The third kappa shape index (κ3) is 2.96. The SMILES string of the molecule is N#CC1=Cc2cccnc2N(N2CCNCC2C(=O)c2cccs2)C1. The summed E-state index contributed by atoms with van der Waals surface area (Å²) >= 11 is 1.46. The van der Waals surface area contributed by atoms with E-state index in [-0.39, 0.29) is 11.8 Å². The molecule has 1 saturated heterocycles. The summed E-state index contributed by atoms with van der Waals surface area (Å²) in [6, 6.07) is 9.52. The standard InChI is InChI=1S/C18H17N5OS/c19-10-13-9-14-3-1-5-21-18(14)23(12-13)22-7-6-20-11-15(22)17(24)16-4-2-8-25-16/h1-5,8-9,15,20H,6-7,11-12H2. The molecule has 2 aliphatic rings. The topological polar surface area (TPSA) is 72.3 Å². The number of carbonyl (C=O) groups excluding carboxylic acids is 1. The van der Waals surface area contributed by atoms with Crippen molar-refractivity contribution in [3.05, 3.63) is 51.9 Å². The molecule has 6 nitrogen and oxygen atoms in total. The molecule has 25 heavy (non-hydrogen) atoms. The van der Waals surface area contributed by atoms with Gasteiger partial charge in [-0.05, 0) is 29.7 Å². The average molecular weight is 351 g/mol. The number of thiophene rings is 1. The van der Waals surface area contributed by atoms with Gasteiger partial charge < -0.3 is 5.32 Å². The van der Waals surface area contributed by atoms with Crippen molar-refractivity contribution in [3.8, 4) is 6.07 Å². The van der Waals surface area contributed by atoms with Crippen molar-refractivity contribution in [2.75, 3.05) is 31.2 Å². The largest absolute Gasteiger partial charge is 0.313 e. The summed E-state index contributed by atoms with van der Waals surface area (Å²) < 4.78 is 0. The minimum absolute atomic E-state index is 0.104. The fourth-order valence-electron chi connectivity index (χ4n) is 3.28. The number of fused-ring (bicyclic) bond motifs is 1. The number of rotatable bonds is 3. The minimum Gasteiger partial charge on any atom is -0.313 e. The molecular weight excluding hydrogens is 334 g/mol. The van der Waals surface area contributed by atoms with E-state index in [1.807, 2.05) is 40.7 Å². The predicted octanol–water partition coefficient (Wildman–Crippen LogP) is 1.94. The monoisotopic (exact) mass is 351 g/mol. The number of piperazine rings is 1. The van der Waals surface area contributed by atoms with Crippen LogP contribution in [0.15, 0.2) is 41.4 Å². The van der Waals surface area contributed by atoms with Gasteiger partial charge in [0.15, 0.2) is 11.6 Å². The molecule has 2 aromatic rings. The molecule has 1 N–H and O–H groups in total. The molecule has 1 atom stereocenters. The number of hydrogen-bond donors (Lipinski definition) is 1. The van der Waals surface area contributed by atoms with Crippen molar-refractivity contribution >= 4 is 29.0 Å². The molecule has 0 spiro atoms. The Morgan fingerprint density at radius 2 is 2.32 bits per heavy atom. The van der Waals surface area contributed by atoms with E-state index in [0.717, 1.165) is 22.8 Å². The second kappa shape index (κ2) is 6.76. The highest BCUT2D eigenvalue weighted by Crippen LogP contribution is 2.29. The van der Waals surface area contributed by atoms with Gasteiger partial charge in [0.25, 0.3) is 0 Å². The van der Waals surface area contributed by atoms with E-state index < -0.39 is 0 Å². The number of anilines is 1. The highest BCUT2D eigenvalue weighted by Gasteiger charge is 2.36. The maximum absolute atomic E-state index is 13.0. The molecule has 7 heteroatoms. The van der Waals surface area contributed by atoms with E-state index in [1.165, 1.54) is 11.3 Å². The van der Waals surface area contributed by atoms with Crippen molar-refractivity contribution in [1.29, 1.82) is 5.26 Å². The first-order chi connectivity index (χ1) is 12.3. The Morgan fingerprint density at radius 3 is 3.12 bits per heavy atom. The summed E-state index contributed by atoms with van der Waals surface area (Å²) in [5, 5.41) is 18.7. The number of pyridine rings is 1. The molecular formula is C18H17N5OS. The van der Waals surface area contributed by atoms with E-state index in [1.54, 1.807) is 6.20 Å². The molecule has 1 unspecified atom stereocenters. The van der Waals surface area contributed by atoms with Gasteiger partial charge in [-0.25, -0.2) is 9.99 Å². The third-order valence-corrected chi connectivity index (χ3v) is 5.33. The fourth-order valence-corrected chi connectivity index (χ4v) is 3.99. The lowest BCUT2D eigenvalue weighted by Gasteiger charge is -2.44. The molecule has 0 aliphatic carbocycles. The van der Waals surface area contributed by atoms with E-state index in [9.17, 15) is 10.1 Å². The van der Waals surface area contributed by atoms with Crippen LogP contribution in [-0.4, -0.2) is 48.0 Å². The molecule has 0 bridgehead atoms. The van der Waals surface area contributed by atoms with Crippen molar-refractivity contribution in [1.82, 2.24) is 15.3 Å². The molecule has 2 aromatic heterocycles. The van der Waals surface area contributed by atoms with Crippen LogP contribution in [0.1, 0.15) is 15.2 Å². The van der Waals surface area contributed by atoms with Crippen molar-refractivity contribution in [2.45, 2.75) is 6.04 Å². The molecule has 4 rings (SSSR count). The zero-order valence-corrected chi connectivity index (χ0v) is 14.4. The Bertz CT molecular complexity index is 855. The highest BCUT2D eigenvalue weighted by atomic mass is 32.1. The molecule has 0 amide bonds. The number of hydrazine groups is 1. The van der Waals surface area contributed by atoms with Crippen LogP contribution in [0.3, 0.4) is 0 Å². The Balaban J connectivity index is 1.70. The van der Waals surface area contributed by atoms with Crippen LogP contribution < -0.4 is 10.3 Å². The number of Topliss-reactive ketones (excluding diaryl/α,β-unsaturated/α-hetero) is 1. The maximum atomic E-state index is 13.0. The maximum Gasteiger partial charge on any atom is 0.193 e. The normalized spacial score (nSPS) is 20.5. The van der Waals surface area contributed by atoms with Gasteiger partial charge in [0.1, 0.15) is 6.04 Å². The number of nitrogens with zero attached hydrogens (tertiary/aromatic N) is 4. The van der Waals surface area contributed by atoms with E-state index in [4.69, 9.17) is 0 Å². The summed E-state index contributed by atoms with van der Waals surface area (Å²) in [5.41, 5.74) is 1.58. The number of ketones is 1. The summed E-state index contributed by atoms with van der Waals surface area (Å²) in [6.45, 7) is 2.50. The fraction of sp³-hybridized carbons (Fsp3) is 0.278. The van der Waals surface area contributed by atoms with Gasteiger partial charge >= 0.3 is 0 Å². The van der Waals surface area contributed by atoms with Gasteiger partial charge in [0.05, 0.1) is 23.1 Å². The Morgan fingerprint density at radius 1 is 1.40 bits per heavy atom. The summed E-state index contributed by atoms with van der Waals surface area (Å²) in [7, 11) is 0. The average Bonchev–Trinajstić information content (AvgIpc) is 3.21. The highest BCUT2D eigenvalue weighted by molar-refractivity contribution is 7.12. The van der Waals surface area contributed by atoms with Gasteiger partial charge in [-0.3, -0.25) is 9.80 Å². The lowest BCUT2D eigenvalue weighted by atomic mass is 10.1. The Hall–Kier alpha value is -2.53. The van der Waals surface area contributed by atoms with Crippen molar-refractivity contribution < 1.29 is 4.79 Å². The number of hydrogen-bond acceptors (Lipinski definition) is 7.